The van der Waals surface area contributed by atoms with E-state index in [0.29, 0.717) is 0 Å². The lowest BCUT2D eigenvalue weighted by Gasteiger charge is -2.19. The molecule has 0 aliphatic rings. The number of halogens is 6. The van der Waals surface area contributed by atoms with Gasteiger partial charge in [0.1, 0.15) is 6.04 Å². The van der Waals surface area contributed by atoms with Gasteiger partial charge in [-0.2, -0.15) is 26.3 Å². The van der Waals surface area contributed by atoms with Gasteiger partial charge in [-0.1, -0.05) is 0 Å². The molecule has 0 saturated carbocycles. The average Bonchev–Trinajstić information content (AvgIpc) is 1.82. The molecule has 0 rings (SSSR count). The molecule has 0 aliphatic heterocycles. The van der Waals surface area contributed by atoms with E-state index in [1.165, 1.54) is 0 Å². The van der Waals surface area contributed by atoms with Crippen molar-refractivity contribution < 1.29 is 26.3 Å². The van der Waals surface area contributed by atoms with Crippen LogP contribution in [0.2, 0.25) is 0 Å². The highest BCUT2D eigenvalue weighted by Crippen LogP contribution is 2.28. The summed E-state index contributed by atoms with van der Waals surface area (Å²) >= 11 is 0. The van der Waals surface area contributed by atoms with Gasteiger partial charge < -0.3 is 5.32 Å². The maximum absolute atomic E-state index is 11.9. The normalized spacial score (nSPS) is 15.9. The molecule has 0 aromatic rings. The molecule has 0 heterocycles. The molecule has 13 heavy (non-hydrogen) atoms. The second kappa shape index (κ2) is 4.17. The molecule has 0 bridgehead atoms. The van der Waals surface area contributed by atoms with Crippen LogP contribution in [0.15, 0.2) is 0 Å². The Kier molecular flexibility index (Phi) is 4.02. The highest BCUT2D eigenvalue weighted by atomic mass is 19.4. The van der Waals surface area contributed by atoms with E-state index in [1.54, 1.807) is 5.32 Å². The zero-order valence-corrected chi connectivity index (χ0v) is 6.76. The molecule has 7 heteroatoms. The summed E-state index contributed by atoms with van der Waals surface area (Å²) in [6.45, 7) is 0. The van der Waals surface area contributed by atoms with E-state index in [2.05, 4.69) is 0 Å². The first-order chi connectivity index (χ1) is 5.67. The molecule has 0 amide bonds. The summed E-state index contributed by atoms with van der Waals surface area (Å²) in [5, 5.41) is 1.79. The minimum atomic E-state index is -4.62. The van der Waals surface area contributed by atoms with Crippen LogP contribution < -0.4 is 5.32 Å². The molecule has 1 unspecified atom stereocenters. The molecule has 0 aromatic heterocycles. The van der Waals surface area contributed by atoms with Crippen LogP contribution in [0.5, 0.6) is 0 Å². The fraction of sp³-hybridized carbons (Fsp3) is 1.00. The van der Waals surface area contributed by atoms with Crippen LogP contribution in [-0.4, -0.2) is 25.4 Å². The first kappa shape index (κ1) is 12.5. The molecule has 0 saturated heterocycles. The Labute approximate surface area is 71.1 Å². The van der Waals surface area contributed by atoms with Crippen molar-refractivity contribution in [2.24, 2.45) is 0 Å². The summed E-state index contributed by atoms with van der Waals surface area (Å²) in [6, 6.07) is -2.09. The molecule has 80 valence electrons. The molecule has 0 radical (unpaired) electrons. The predicted molar refractivity (Wildman–Crippen MR) is 34.2 cm³/mol. The van der Waals surface area contributed by atoms with E-state index >= 15 is 0 Å². The number of hydrogen-bond acceptors (Lipinski definition) is 1. The highest BCUT2D eigenvalue weighted by molar-refractivity contribution is 4.74. The van der Waals surface area contributed by atoms with E-state index in [-0.39, 0.29) is 0 Å². The fourth-order valence-corrected chi connectivity index (χ4v) is 0.780. The molecule has 0 fully saturated rings. The fourth-order valence-electron chi connectivity index (χ4n) is 0.780. The van der Waals surface area contributed by atoms with Gasteiger partial charge in [-0.15, -0.1) is 0 Å². The molecule has 0 aromatic carbocycles. The smallest absolute Gasteiger partial charge is 0.309 e. The van der Waals surface area contributed by atoms with Gasteiger partial charge >= 0.3 is 12.4 Å². The van der Waals surface area contributed by atoms with Crippen molar-refractivity contribution in [2.75, 3.05) is 7.05 Å². The second-order valence-corrected chi connectivity index (χ2v) is 2.54. The SMILES string of the molecule is CNC(CCC(F)(F)F)C(F)(F)F. The van der Waals surface area contributed by atoms with Crippen molar-refractivity contribution in [3.63, 3.8) is 0 Å². The van der Waals surface area contributed by atoms with E-state index in [0.717, 1.165) is 7.05 Å². The number of alkyl halides is 6. The molecule has 1 nitrogen and oxygen atoms in total. The van der Waals surface area contributed by atoms with Gasteiger partial charge in [0.25, 0.3) is 0 Å². The largest absolute Gasteiger partial charge is 0.403 e. The van der Waals surface area contributed by atoms with Gasteiger partial charge in [-0.05, 0) is 13.5 Å². The van der Waals surface area contributed by atoms with Crippen LogP contribution >= 0.6 is 0 Å². The maximum atomic E-state index is 11.9. The van der Waals surface area contributed by atoms with Gasteiger partial charge in [0.2, 0.25) is 0 Å². The minimum Gasteiger partial charge on any atom is -0.309 e. The Morgan fingerprint density at radius 1 is 1.08 bits per heavy atom. The van der Waals surface area contributed by atoms with Gasteiger partial charge in [-0.25, -0.2) is 0 Å². The van der Waals surface area contributed by atoms with Crippen molar-refractivity contribution >= 4 is 0 Å². The van der Waals surface area contributed by atoms with Crippen molar-refractivity contribution in [3.8, 4) is 0 Å². The Morgan fingerprint density at radius 3 is 1.77 bits per heavy atom. The van der Waals surface area contributed by atoms with Gasteiger partial charge in [0.05, 0.1) is 0 Å². The van der Waals surface area contributed by atoms with E-state index in [9.17, 15) is 26.3 Å². The zero-order chi connectivity index (χ0) is 10.7. The molecular weight excluding hydrogens is 200 g/mol. The van der Waals surface area contributed by atoms with Gasteiger partial charge in [-0.3, -0.25) is 0 Å². The predicted octanol–water partition coefficient (Wildman–Crippen LogP) is 2.48. The van der Waals surface area contributed by atoms with Gasteiger partial charge in [0.15, 0.2) is 0 Å². The average molecular weight is 209 g/mol. The van der Waals surface area contributed by atoms with E-state index < -0.39 is 31.2 Å². The monoisotopic (exact) mass is 209 g/mol. The van der Waals surface area contributed by atoms with Crippen LogP contribution in [-0.2, 0) is 0 Å². The Hall–Kier alpha value is -0.460. The van der Waals surface area contributed by atoms with Crippen molar-refractivity contribution in [1.29, 1.82) is 0 Å². The summed E-state index contributed by atoms with van der Waals surface area (Å²) in [4.78, 5) is 0. The van der Waals surface area contributed by atoms with E-state index in [4.69, 9.17) is 0 Å². The molecule has 1 atom stereocenters. The molecule has 1 N–H and O–H groups in total. The minimum absolute atomic E-state index is 0.981. The van der Waals surface area contributed by atoms with Gasteiger partial charge in [0, 0.05) is 6.42 Å². The third kappa shape index (κ3) is 5.73. The third-order valence-corrected chi connectivity index (χ3v) is 1.46. The summed E-state index contributed by atoms with van der Waals surface area (Å²) in [7, 11) is 0.981. The second-order valence-electron chi connectivity index (χ2n) is 2.54. The first-order valence-corrected chi connectivity index (χ1v) is 3.47. The lowest BCUT2D eigenvalue weighted by molar-refractivity contribution is -0.171. The lowest BCUT2D eigenvalue weighted by Crippen LogP contribution is -2.40. The number of nitrogens with one attached hydrogen (secondary N) is 1. The highest BCUT2D eigenvalue weighted by Gasteiger charge is 2.40. The molecule has 0 spiro atoms. The summed E-state index contributed by atoms with van der Waals surface area (Å²) in [6.07, 6.45) is -11.6. The third-order valence-electron chi connectivity index (χ3n) is 1.46. The van der Waals surface area contributed by atoms with Crippen molar-refractivity contribution in [1.82, 2.24) is 5.32 Å². The van der Waals surface area contributed by atoms with Crippen molar-refractivity contribution in [3.05, 3.63) is 0 Å². The van der Waals surface area contributed by atoms with Crippen LogP contribution in [0.3, 0.4) is 0 Å². The van der Waals surface area contributed by atoms with Crippen LogP contribution in [0.25, 0.3) is 0 Å². The number of rotatable bonds is 3. The summed E-state index contributed by atoms with van der Waals surface area (Å²) in [5.41, 5.74) is 0. The number of hydrogen-bond donors (Lipinski definition) is 1. The molecular formula is C6H9F6N. The Morgan fingerprint density at radius 2 is 1.54 bits per heavy atom. The zero-order valence-electron chi connectivity index (χ0n) is 6.76. The van der Waals surface area contributed by atoms with Crippen LogP contribution in [0, 0.1) is 0 Å². The van der Waals surface area contributed by atoms with Crippen LogP contribution in [0.4, 0.5) is 26.3 Å². The Bertz CT molecular complexity index is 148. The topological polar surface area (TPSA) is 12.0 Å². The maximum Gasteiger partial charge on any atom is 0.403 e. The summed E-state index contributed by atoms with van der Waals surface area (Å²) in [5.74, 6) is 0. The standard InChI is InChI=1S/C6H9F6N/c1-13-4(6(10,11)12)2-3-5(7,8)9/h4,13H,2-3H2,1H3. The molecule has 0 aliphatic carbocycles. The first-order valence-electron chi connectivity index (χ1n) is 3.47. The van der Waals surface area contributed by atoms with Crippen LogP contribution in [0.1, 0.15) is 12.8 Å². The lowest BCUT2D eigenvalue weighted by atomic mass is 10.1. The van der Waals surface area contributed by atoms with Crippen molar-refractivity contribution in [2.45, 2.75) is 31.2 Å². The quantitative estimate of drug-likeness (QED) is 0.704. The summed E-state index contributed by atoms with van der Waals surface area (Å²) < 4.78 is 70.2. The van der Waals surface area contributed by atoms with E-state index in [1.807, 2.05) is 0 Å². The Balaban J connectivity index is 4.02.